The highest BCUT2D eigenvalue weighted by Gasteiger charge is 2.59. The summed E-state index contributed by atoms with van der Waals surface area (Å²) >= 11 is 0. The van der Waals surface area contributed by atoms with Crippen molar-refractivity contribution in [2.45, 2.75) is 51.7 Å². The van der Waals surface area contributed by atoms with Crippen LogP contribution in [0.1, 0.15) is 36.5 Å². The highest BCUT2D eigenvalue weighted by Crippen LogP contribution is 2.50. The molecule has 2 aliphatic rings. The molecule has 0 radical (unpaired) electrons. The van der Waals surface area contributed by atoms with E-state index in [9.17, 15) is 14.4 Å². The third-order valence-corrected chi connectivity index (χ3v) is 8.24. The third kappa shape index (κ3) is 6.87. The van der Waals surface area contributed by atoms with Gasteiger partial charge in [-0.05, 0) is 36.1 Å². The van der Waals surface area contributed by atoms with Crippen molar-refractivity contribution in [1.82, 2.24) is 10.2 Å². The number of esters is 1. The summed E-state index contributed by atoms with van der Waals surface area (Å²) in [5, 5.41) is 2.93. The lowest BCUT2D eigenvalue weighted by Crippen LogP contribution is -2.60. The maximum absolute atomic E-state index is 14.1. The average Bonchev–Trinajstić information content (AvgIpc) is 3.03. The molecule has 0 spiro atoms. The van der Waals surface area contributed by atoms with Gasteiger partial charge in [-0.15, -0.1) is 0 Å². The molecular weight excluding hydrogens is 544 g/mol. The zero-order chi connectivity index (χ0) is 30.2. The quantitative estimate of drug-likeness (QED) is 0.327. The second-order valence-corrected chi connectivity index (χ2v) is 11.1. The fraction of sp³-hybridized carbons (Fsp3) is 0.343. The molecule has 8 nitrogen and oxygen atoms in total. The molecule has 1 saturated heterocycles. The second kappa shape index (κ2) is 13.8. The van der Waals surface area contributed by atoms with Crippen molar-refractivity contribution < 1.29 is 28.6 Å². The van der Waals surface area contributed by atoms with E-state index >= 15 is 0 Å². The molecule has 0 aromatic heterocycles. The molecule has 2 amide bonds. The number of piperidine rings is 1. The first-order valence-corrected chi connectivity index (χ1v) is 14.6. The van der Waals surface area contributed by atoms with Gasteiger partial charge in [0.1, 0.15) is 11.5 Å². The Kier molecular flexibility index (Phi) is 9.69. The molecule has 1 fully saturated rings. The van der Waals surface area contributed by atoms with Crippen molar-refractivity contribution >= 4 is 17.8 Å². The number of amides is 2. The molecule has 0 unspecified atom stereocenters. The van der Waals surface area contributed by atoms with Gasteiger partial charge < -0.3 is 24.4 Å². The number of rotatable bonds is 11. The van der Waals surface area contributed by atoms with Crippen LogP contribution in [-0.4, -0.2) is 48.6 Å². The van der Waals surface area contributed by atoms with Crippen molar-refractivity contribution in [2.75, 3.05) is 13.7 Å². The van der Waals surface area contributed by atoms with E-state index in [0.717, 1.165) is 16.7 Å². The first-order chi connectivity index (χ1) is 20.9. The first kappa shape index (κ1) is 30.2. The summed E-state index contributed by atoms with van der Waals surface area (Å²) in [6.07, 6.45) is 0.760. The van der Waals surface area contributed by atoms with Gasteiger partial charge in [0.05, 0.1) is 33.0 Å². The Morgan fingerprint density at radius 2 is 1.53 bits per heavy atom. The van der Waals surface area contributed by atoms with Crippen LogP contribution >= 0.6 is 0 Å². The highest BCUT2D eigenvalue weighted by atomic mass is 16.5. The molecule has 0 aliphatic carbocycles. The molecule has 4 atom stereocenters. The largest absolute Gasteiger partial charge is 0.468 e. The number of fused-ring (bicyclic) bond motifs is 1. The van der Waals surface area contributed by atoms with E-state index in [1.165, 1.54) is 7.11 Å². The molecule has 0 saturated carbocycles. The minimum Gasteiger partial charge on any atom is -0.468 e. The summed E-state index contributed by atoms with van der Waals surface area (Å²) in [6, 6.07) is 29.0. The monoisotopic (exact) mass is 582 g/mol. The van der Waals surface area contributed by atoms with Gasteiger partial charge in [0, 0.05) is 24.6 Å². The molecule has 2 aliphatic heterocycles. The molecule has 224 valence electrons. The molecule has 3 aromatic rings. The SMILES string of the molecule is COC(=O)[C@]12C[C@H](CC(=O)NCc3ccccc3)C(=O)N(Cc3ccccc3)C1=C[C@H](COCc1ccccc1)O[C@@H]2C. The topological polar surface area (TPSA) is 94.2 Å². The van der Waals surface area contributed by atoms with Gasteiger partial charge in [-0.3, -0.25) is 14.4 Å². The van der Waals surface area contributed by atoms with Crippen LogP contribution in [0.25, 0.3) is 0 Å². The fourth-order valence-corrected chi connectivity index (χ4v) is 6.04. The summed E-state index contributed by atoms with van der Waals surface area (Å²) in [6.45, 7) is 3.09. The van der Waals surface area contributed by atoms with Crippen LogP contribution in [0.3, 0.4) is 0 Å². The summed E-state index contributed by atoms with van der Waals surface area (Å²) in [5.74, 6) is -1.70. The molecule has 8 heteroatoms. The van der Waals surface area contributed by atoms with Crippen molar-refractivity contribution in [3.63, 3.8) is 0 Å². The van der Waals surface area contributed by atoms with Crippen LogP contribution in [0, 0.1) is 11.3 Å². The van der Waals surface area contributed by atoms with E-state index in [0.29, 0.717) is 18.8 Å². The van der Waals surface area contributed by atoms with Gasteiger partial charge >= 0.3 is 5.97 Å². The molecule has 1 N–H and O–H groups in total. The molecule has 3 aromatic carbocycles. The van der Waals surface area contributed by atoms with Crippen LogP contribution in [0.15, 0.2) is 103 Å². The number of hydrogen-bond donors (Lipinski definition) is 1. The number of ether oxygens (including phenoxy) is 3. The standard InChI is InChI=1S/C35H38N2O6/c1-25-35(34(40)41-2)20-29(18-32(38)36-21-26-12-6-3-7-13-26)33(39)37(22-27-14-8-4-9-15-27)31(35)19-30(43-25)24-42-23-28-16-10-5-11-17-28/h3-17,19,25,29-30H,18,20-24H2,1-2H3,(H,36,38)/t25-,29+,30-,35+/m1/s1. The van der Waals surface area contributed by atoms with Crippen LogP contribution < -0.4 is 5.32 Å². The van der Waals surface area contributed by atoms with E-state index < -0.39 is 29.5 Å². The van der Waals surface area contributed by atoms with Gasteiger partial charge in [-0.2, -0.15) is 0 Å². The number of nitrogens with one attached hydrogen (secondary N) is 1. The van der Waals surface area contributed by atoms with Gasteiger partial charge in [0.25, 0.3) is 0 Å². The smallest absolute Gasteiger partial charge is 0.320 e. The Hall–Kier alpha value is -4.27. The van der Waals surface area contributed by atoms with Crippen molar-refractivity contribution in [1.29, 1.82) is 0 Å². The molecule has 5 rings (SSSR count). The summed E-state index contributed by atoms with van der Waals surface area (Å²) < 4.78 is 17.7. The number of benzene rings is 3. The Bertz CT molecular complexity index is 1430. The second-order valence-electron chi connectivity index (χ2n) is 11.1. The summed E-state index contributed by atoms with van der Waals surface area (Å²) in [4.78, 5) is 42.6. The lowest BCUT2D eigenvalue weighted by atomic mass is 9.66. The Morgan fingerprint density at radius 1 is 0.930 bits per heavy atom. The number of carbonyl (C=O) groups is 3. The number of methoxy groups -OCH3 is 1. The van der Waals surface area contributed by atoms with E-state index in [4.69, 9.17) is 14.2 Å². The zero-order valence-corrected chi connectivity index (χ0v) is 24.6. The van der Waals surface area contributed by atoms with E-state index in [1.807, 2.05) is 104 Å². The minimum absolute atomic E-state index is 0.0562. The third-order valence-electron chi connectivity index (χ3n) is 8.24. The molecule has 2 heterocycles. The van der Waals surface area contributed by atoms with Gasteiger partial charge in [0.15, 0.2) is 0 Å². The lowest BCUT2D eigenvalue weighted by Gasteiger charge is -2.51. The number of nitrogens with zero attached hydrogens (tertiary/aromatic N) is 1. The van der Waals surface area contributed by atoms with E-state index in [2.05, 4.69) is 5.32 Å². The molecular formula is C35H38N2O6. The summed E-state index contributed by atoms with van der Waals surface area (Å²) in [7, 11) is 1.34. The molecule has 43 heavy (non-hydrogen) atoms. The number of carbonyl (C=O) groups excluding carboxylic acids is 3. The van der Waals surface area contributed by atoms with Crippen LogP contribution in [-0.2, 0) is 48.3 Å². The van der Waals surface area contributed by atoms with Gasteiger partial charge in [-0.1, -0.05) is 91.0 Å². The zero-order valence-electron chi connectivity index (χ0n) is 24.6. The Morgan fingerprint density at radius 3 is 2.16 bits per heavy atom. The van der Waals surface area contributed by atoms with Crippen LogP contribution in [0.5, 0.6) is 0 Å². The normalized spacial score (nSPS) is 23.2. The van der Waals surface area contributed by atoms with Gasteiger partial charge in [-0.25, -0.2) is 0 Å². The van der Waals surface area contributed by atoms with E-state index in [-0.39, 0.29) is 37.8 Å². The minimum atomic E-state index is -1.27. The average molecular weight is 583 g/mol. The van der Waals surface area contributed by atoms with E-state index in [1.54, 1.807) is 4.90 Å². The molecule has 0 bridgehead atoms. The lowest BCUT2D eigenvalue weighted by molar-refractivity contribution is -0.178. The maximum Gasteiger partial charge on any atom is 0.320 e. The highest BCUT2D eigenvalue weighted by molar-refractivity contribution is 5.92. The van der Waals surface area contributed by atoms with Gasteiger partial charge in [0.2, 0.25) is 11.8 Å². The number of hydrogen-bond acceptors (Lipinski definition) is 6. The van der Waals surface area contributed by atoms with Crippen molar-refractivity contribution in [3.8, 4) is 0 Å². The van der Waals surface area contributed by atoms with Crippen molar-refractivity contribution in [2.24, 2.45) is 11.3 Å². The van der Waals surface area contributed by atoms with Crippen molar-refractivity contribution in [3.05, 3.63) is 119 Å². The predicted molar refractivity (Wildman–Crippen MR) is 161 cm³/mol. The Balaban J connectivity index is 1.42. The van der Waals surface area contributed by atoms with Crippen LogP contribution in [0.4, 0.5) is 0 Å². The van der Waals surface area contributed by atoms with Crippen LogP contribution in [0.2, 0.25) is 0 Å². The first-order valence-electron chi connectivity index (χ1n) is 14.6. The number of likely N-dealkylation sites (tertiary alicyclic amines) is 1. The predicted octanol–water partition coefficient (Wildman–Crippen LogP) is 4.79. The fourth-order valence-electron chi connectivity index (χ4n) is 6.04. The summed E-state index contributed by atoms with van der Waals surface area (Å²) in [5.41, 5.74) is 2.18. The Labute approximate surface area is 252 Å². The maximum atomic E-state index is 14.1.